The highest BCUT2D eigenvalue weighted by atomic mass is 32.2. The van der Waals surface area contributed by atoms with Gasteiger partial charge in [0.15, 0.2) is 9.84 Å². The maximum atomic E-state index is 13.2. The van der Waals surface area contributed by atoms with Gasteiger partial charge in [0.1, 0.15) is 5.82 Å². The van der Waals surface area contributed by atoms with E-state index >= 15 is 0 Å². The van der Waals surface area contributed by atoms with E-state index in [2.05, 4.69) is 0 Å². The summed E-state index contributed by atoms with van der Waals surface area (Å²) < 4.78 is 48.1. The Morgan fingerprint density at radius 3 is 2.50 bits per heavy atom. The third kappa shape index (κ3) is 3.78. The normalized spacial score (nSPS) is 13.8. The van der Waals surface area contributed by atoms with Crippen LogP contribution in [0.15, 0.2) is 23.1 Å². The molecule has 0 amide bonds. The quantitative estimate of drug-likeness (QED) is 0.831. The second kappa shape index (κ2) is 5.79. The Balaban J connectivity index is 2.75. The zero-order chi connectivity index (χ0) is 13.9. The minimum absolute atomic E-state index is 0.0226. The first kappa shape index (κ1) is 15.1. The second-order valence-electron chi connectivity index (χ2n) is 4.15. The van der Waals surface area contributed by atoms with Crippen molar-refractivity contribution in [3.8, 4) is 0 Å². The predicted molar refractivity (Wildman–Crippen MR) is 71.0 cm³/mol. The molecule has 0 saturated heterocycles. The lowest BCUT2D eigenvalue weighted by atomic mass is 10.3. The SMILES string of the molecule is CC(C)S(=O)(=O)CCS(=O)c1ccc(N)c(F)c1. The number of benzene rings is 1. The molecule has 7 heteroatoms. The van der Waals surface area contributed by atoms with E-state index in [1.165, 1.54) is 12.1 Å². The molecule has 4 nitrogen and oxygen atoms in total. The van der Waals surface area contributed by atoms with E-state index in [1.807, 2.05) is 0 Å². The predicted octanol–water partition coefficient (Wildman–Crippen LogP) is 1.34. The zero-order valence-electron chi connectivity index (χ0n) is 10.2. The lowest BCUT2D eigenvalue weighted by Gasteiger charge is -2.07. The molecule has 0 aliphatic heterocycles. The molecule has 0 aromatic heterocycles. The highest BCUT2D eigenvalue weighted by Crippen LogP contribution is 2.15. The molecule has 0 bridgehead atoms. The number of hydrogen-bond acceptors (Lipinski definition) is 4. The molecule has 1 rings (SSSR count). The van der Waals surface area contributed by atoms with Crippen LogP contribution in [0.3, 0.4) is 0 Å². The molecule has 0 aliphatic rings. The van der Waals surface area contributed by atoms with Gasteiger partial charge >= 0.3 is 0 Å². The third-order valence-electron chi connectivity index (χ3n) is 2.51. The minimum atomic E-state index is -3.23. The van der Waals surface area contributed by atoms with Gasteiger partial charge in [-0.05, 0) is 32.0 Å². The van der Waals surface area contributed by atoms with E-state index in [1.54, 1.807) is 13.8 Å². The first-order chi connectivity index (χ1) is 8.24. The Hall–Kier alpha value is -0.950. The summed E-state index contributed by atoms with van der Waals surface area (Å²) in [5.74, 6) is -0.861. The number of anilines is 1. The fourth-order valence-corrected chi connectivity index (χ4v) is 3.89. The molecule has 2 N–H and O–H groups in total. The van der Waals surface area contributed by atoms with E-state index < -0.39 is 31.7 Å². The Bertz CT molecular complexity index is 555. The number of nitrogens with two attached hydrogens (primary N) is 1. The summed E-state index contributed by atoms with van der Waals surface area (Å²) in [7, 11) is -4.77. The van der Waals surface area contributed by atoms with Crippen molar-refractivity contribution in [1.82, 2.24) is 0 Å². The molecular weight excluding hydrogens is 277 g/mol. The lowest BCUT2D eigenvalue weighted by Crippen LogP contribution is -2.21. The van der Waals surface area contributed by atoms with Crippen LogP contribution >= 0.6 is 0 Å². The summed E-state index contributed by atoms with van der Waals surface area (Å²) in [4.78, 5) is 0.251. The van der Waals surface area contributed by atoms with E-state index in [0.717, 1.165) is 6.07 Å². The Morgan fingerprint density at radius 1 is 1.39 bits per heavy atom. The monoisotopic (exact) mass is 293 g/mol. The van der Waals surface area contributed by atoms with E-state index in [9.17, 15) is 17.0 Å². The Morgan fingerprint density at radius 2 is 2.00 bits per heavy atom. The van der Waals surface area contributed by atoms with Gasteiger partial charge < -0.3 is 5.73 Å². The van der Waals surface area contributed by atoms with Crippen LogP contribution in [-0.4, -0.2) is 29.4 Å². The zero-order valence-corrected chi connectivity index (χ0v) is 11.9. The summed E-state index contributed by atoms with van der Waals surface area (Å²) in [6, 6.07) is 3.84. The van der Waals surface area contributed by atoms with Gasteiger partial charge in [0.25, 0.3) is 0 Å². The molecular formula is C11H16FNO3S2. The van der Waals surface area contributed by atoms with Gasteiger partial charge in [0.05, 0.1) is 27.5 Å². The molecule has 0 heterocycles. The van der Waals surface area contributed by atoms with Gasteiger partial charge in [-0.3, -0.25) is 4.21 Å². The van der Waals surface area contributed by atoms with Crippen LogP contribution in [0, 0.1) is 5.82 Å². The maximum absolute atomic E-state index is 13.2. The maximum Gasteiger partial charge on any atom is 0.153 e. The molecule has 0 spiro atoms. The summed E-state index contributed by atoms with van der Waals surface area (Å²) >= 11 is 0. The summed E-state index contributed by atoms with van der Waals surface area (Å²) in [6.45, 7) is 3.14. The van der Waals surface area contributed by atoms with Crippen molar-refractivity contribution in [3.63, 3.8) is 0 Å². The molecule has 0 saturated carbocycles. The first-order valence-corrected chi connectivity index (χ1v) is 8.42. The van der Waals surface area contributed by atoms with Gasteiger partial charge in [-0.25, -0.2) is 12.8 Å². The summed E-state index contributed by atoms with van der Waals surface area (Å²) in [5.41, 5.74) is 5.28. The number of sulfone groups is 1. The average Bonchev–Trinajstić information content (AvgIpc) is 2.29. The van der Waals surface area contributed by atoms with Crippen molar-refractivity contribution in [2.75, 3.05) is 17.2 Å². The summed E-state index contributed by atoms with van der Waals surface area (Å²) in [6.07, 6.45) is 0. The van der Waals surface area contributed by atoms with Gasteiger partial charge in [-0.15, -0.1) is 0 Å². The van der Waals surface area contributed by atoms with Crippen molar-refractivity contribution in [3.05, 3.63) is 24.0 Å². The lowest BCUT2D eigenvalue weighted by molar-refractivity contribution is 0.588. The van der Waals surface area contributed by atoms with E-state index in [0.29, 0.717) is 0 Å². The molecule has 102 valence electrons. The number of rotatable bonds is 5. The van der Waals surface area contributed by atoms with Crippen molar-refractivity contribution in [2.24, 2.45) is 0 Å². The van der Waals surface area contributed by atoms with Gasteiger partial charge in [0, 0.05) is 10.6 Å². The van der Waals surface area contributed by atoms with Gasteiger partial charge in [-0.2, -0.15) is 0 Å². The van der Waals surface area contributed by atoms with Crippen LogP contribution in [0.4, 0.5) is 10.1 Å². The minimum Gasteiger partial charge on any atom is -0.396 e. The van der Waals surface area contributed by atoms with Crippen LogP contribution in [0.1, 0.15) is 13.8 Å². The average molecular weight is 293 g/mol. The largest absolute Gasteiger partial charge is 0.396 e. The highest BCUT2D eigenvalue weighted by Gasteiger charge is 2.18. The molecule has 1 atom stereocenters. The molecule has 1 unspecified atom stereocenters. The molecule has 1 aromatic carbocycles. The van der Waals surface area contributed by atoms with Crippen molar-refractivity contribution in [2.45, 2.75) is 24.0 Å². The topological polar surface area (TPSA) is 77.2 Å². The summed E-state index contributed by atoms with van der Waals surface area (Å²) in [5, 5.41) is -0.502. The first-order valence-electron chi connectivity index (χ1n) is 5.39. The fraction of sp³-hybridized carbons (Fsp3) is 0.455. The van der Waals surface area contributed by atoms with E-state index in [4.69, 9.17) is 5.73 Å². The van der Waals surface area contributed by atoms with Crippen molar-refractivity contribution in [1.29, 1.82) is 0 Å². The van der Waals surface area contributed by atoms with Crippen LogP contribution < -0.4 is 5.73 Å². The Labute approximate surface area is 109 Å². The molecule has 0 radical (unpaired) electrons. The molecule has 0 fully saturated rings. The number of nitrogen functional groups attached to an aromatic ring is 1. The highest BCUT2D eigenvalue weighted by molar-refractivity contribution is 7.93. The van der Waals surface area contributed by atoms with Crippen LogP contribution in [0.5, 0.6) is 0 Å². The molecule has 0 aliphatic carbocycles. The van der Waals surface area contributed by atoms with Crippen LogP contribution in [-0.2, 0) is 20.6 Å². The molecule has 18 heavy (non-hydrogen) atoms. The third-order valence-corrected chi connectivity index (χ3v) is 6.33. The smallest absolute Gasteiger partial charge is 0.153 e. The number of halogens is 1. The van der Waals surface area contributed by atoms with Crippen LogP contribution in [0.25, 0.3) is 0 Å². The standard InChI is InChI=1S/C11H16FNO3S2/c1-8(2)18(15,16)6-5-17(14)9-3-4-11(13)10(12)7-9/h3-4,7-8H,5-6,13H2,1-2H3. The van der Waals surface area contributed by atoms with E-state index in [-0.39, 0.29) is 22.1 Å². The number of hydrogen-bond donors (Lipinski definition) is 1. The molecule has 1 aromatic rings. The second-order valence-corrected chi connectivity index (χ2v) is 8.40. The van der Waals surface area contributed by atoms with Gasteiger partial charge in [-0.1, -0.05) is 0 Å². The van der Waals surface area contributed by atoms with Crippen molar-refractivity contribution < 1.29 is 17.0 Å². The fourth-order valence-electron chi connectivity index (χ4n) is 1.19. The van der Waals surface area contributed by atoms with Gasteiger partial charge in [0.2, 0.25) is 0 Å². The Kier molecular flexibility index (Phi) is 4.86. The van der Waals surface area contributed by atoms with Crippen LogP contribution in [0.2, 0.25) is 0 Å². The van der Waals surface area contributed by atoms with Crippen molar-refractivity contribution >= 4 is 26.3 Å².